The second kappa shape index (κ2) is 8.84. The van der Waals surface area contributed by atoms with Crippen LogP contribution in [0.2, 0.25) is 5.02 Å². The van der Waals surface area contributed by atoms with Gasteiger partial charge in [-0.2, -0.15) is 8.78 Å². The van der Waals surface area contributed by atoms with Crippen LogP contribution >= 0.6 is 27.5 Å². The Kier molecular flexibility index (Phi) is 6.81. The summed E-state index contributed by atoms with van der Waals surface area (Å²) in [6, 6.07) is 11.3. The van der Waals surface area contributed by atoms with Crippen molar-refractivity contribution in [2.75, 3.05) is 11.9 Å². The number of halogens is 4. The van der Waals surface area contributed by atoms with Gasteiger partial charge in [0.2, 0.25) is 5.91 Å². The normalized spacial score (nSPS) is 10.5. The number of hydrogen-bond acceptors (Lipinski definition) is 3. The van der Waals surface area contributed by atoms with Crippen molar-refractivity contribution in [2.24, 2.45) is 0 Å². The molecule has 0 saturated carbocycles. The number of carbonyl (C=O) groups excluding carboxylic acids is 1. The minimum absolute atomic E-state index is 0.0153. The number of rotatable bonds is 7. The number of alkyl halides is 2. The number of benzene rings is 2. The largest absolute Gasteiger partial charge is 0.493 e. The van der Waals surface area contributed by atoms with Gasteiger partial charge in [0.1, 0.15) is 11.5 Å². The molecular formula is C16H13BrClF2NO3. The zero-order valence-corrected chi connectivity index (χ0v) is 14.6. The second-order valence-corrected chi connectivity index (χ2v) is 5.95. The van der Waals surface area contributed by atoms with Crippen molar-refractivity contribution in [1.29, 1.82) is 0 Å². The number of amides is 1. The molecule has 0 aliphatic carbocycles. The van der Waals surface area contributed by atoms with Gasteiger partial charge >= 0.3 is 6.61 Å². The van der Waals surface area contributed by atoms with Crippen LogP contribution in [-0.2, 0) is 4.79 Å². The Labute approximate surface area is 150 Å². The van der Waals surface area contributed by atoms with Crippen molar-refractivity contribution in [3.63, 3.8) is 0 Å². The maximum Gasteiger partial charge on any atom is 0.387 e. The second-order valence-electron chi connectivity index (χ2n) is 4.63. The van der Waals surface area contributed by atoms with Gasteiger partial charge in [-0.05, 0) is 36.4 Å². The number of ether oxygens (including phenoxy) is 2. The molecule has 0 aromatic heterocycles. The average Bonchev–Trinajstić information content (AvgIpc) is 2.50. The summed E-state index contributed by atoms with van der Waals surface area (Å²) in [5, 5.41) is 2.59. The Morgan fingerprint density at radius 2 is 2.04 bits per heavy atom. The van der Waals surface area contributed by atoms with Crippen molar-refractivity contribution in [2.45, 2.75) is 13.0 Å². The molecule has 2 aromatic carbocycles. The summed E-state index contributed by atoms with van der Waals surface area (Å²) in [7, 11) is 0. The summed E-state index contributed by atoms with van der Waals surface area (Å²) in [6.07, 6.45) is 0.124. The molecule has 1 amide bonds. The minimum atomic E-state index is -2.96. The highest BCUT2D eigenvalue weighted by molar-refractivity contribution is 9.10. The number of carbonyl (C=O) groups is 1. The number of anilines is 1. The minimum Gasteiger partial charge on any atom is -0.493 e. The van der Waals surface area contributed by atoms with Crippen molar-refractivity contribution < 1.29 is 23.0 Å². The molecule has 24 heavy (non-hydrogen) atoms. The molecule has 0 bridgehead atoms. The molecule has 0 heterocycles. The van der Waals surface area contributed by atoms with Gasteiger partial charge < -0.3 is 14.8 Å². The zero-order valence-electron chi connectivity index (χ0n) is 12.3. The predicted octanol–water partition coefficient (Wildman–Crippen LogP) is 5.11. The van der Waals surface area contributed by atoms with Crippen molar-refractivity contribution in [3.05, 3.63) is 52.0 Å². The van der Waals surface area contributed by atoms with Crippen LogP contribution in [0.4, 0.5) is 14.5 Å². The van der Waals surface area contributed by atoms with Crippen LogP contribution in [0.5, 0.6) is 11.5 Å². The van der Waals surface area contributed by atoms with Crippen molar-refractivity contribution >= 4 is 39.1 Å². The molecule has 128 valence electrons. The van der Waals surface area contributed by atoms with E-state index in [1.54, 1.807) is 12.1 Å². The molecule has 2 aromatic rings. The molecule has 0 saturated heterocycles. The Bertz CT molecular complexity index is 715. The smallest absolute Gasteiger partial charge is 0.387 e. The molecule has 0 spiro atoms. The monoisotopic (exact) mass is 419 g/mol. The first-order valence-corrected chi connectivity index (χ1v) is 8.04. The molecule has 0 radical (unpaired) electrons. The van der Waals surface area contributed by atoms with E-state index < -0.39 is 6.61 Å². The van der Waals surface area contributed by atoms with E-state index in [0.29, 0.717) is 11.4 Å². The van der Waals surface area contributed by atoms with Crippen molar-refractivity contribution in [3.8, 4) is 11.5 Å². The highest BCUT2D eigenvalue weighted by atomic mass is 79.9. The highest BCUT2D eigenvalue weighted by Crippen LogP contribution is 2.29. The summed E-state index contributed by atoms with van der Waals surface area (Å²) in [5.41, 5.74) is 0.383. The van der Waals surface area contributed by atoms with Crippen LogP contribution in [0, 0.1) is 0 Å². The zero-order chi connectivity index (χ0) is 17.5. The summed E-state index contributed by atoms with van der Waals surface area (Å²) >= 11 is 9.14. The van der Waals surface area contributed by atoms with Gasteiger partial charge in [0.15, 0.2) is 0 Å². The first-order valence-electron chi connectivity index (χ1n) is 6.86. The fourth-order valence-corrected chi connectivity index (χ4v) is 2.42. The third-order valence-corrected chi connectivity index (χ3v) is 3.61. The van der Waals surface area contributed by atoms with Crippen LogP contribution in [0.25, 0.3) is 0 Å². The molecule has 0 atom stereocenters. The highest BCUT2D eigenvalue weighted by Gasteiger charge is 2.10. The molecule has 0 aliphatic heterocycles. The van der Waals surface area contributed by atoms with Gasteiger partial charge in [0.05, 0.1) is 18.1 Å². The standard InChI is InChI=1S/C16H13BrClF2NO3/c17-10-2-1-3-12(8-10)23-7-6-15(22)21-11-4-5-14(13(18)9-11)24-16(19)20/h1-5,8-9,16H,6-7H2,(H,21,22). The lowest BCUT2D eigenvalue weighted by Crippen LogP contribution is -2.15. The van der Waals surface area contributed by atoms with Crippen LogP contribution in [0.3, 0.4) is 0 Å². The van der Waals surface area contributed by atoms with E-state index in [4.69, 9.17) is 16.3 Å². The van der Waals surface area contributed by atoms with Gasteiger partial charge in [0.25, 0.3) is 0 Å². The summed E-state index contributed by atoms with van der Waals surface area (Å²) < 4.78 is 34.9. The van der Waals surface area contributed by atoms with E-state index in [-0.39, 0.29) is 29.7 Å². The van der Waals surface area contributed by atoms with Crippen molar-refractivity contribution in [1.82, 2.24) is 0 Å². The third-order valence-electron chi connectivity index (χ3n) is 2.83. The van der Waals surface area contributed by atoms with Gasteiger partial charge in [-0.15, -0.1) is 0 Å². The molecule has 2 rings (SSSR count). The first-order chi connectivity index (χ1) is 11.4. The molecule has 0 unspecified atom stereocenters. The lowest BCUT2D eigenvalue weighted by atomic mass is 10.3. The molecule has 8 heteroatoms. The van der Waals surface area contributed by atoms with Crippen LogP contribution < -0.4 is 14.8 Å². The maximum absolute atomic E-state index is 12.1. The topological polar surface area (TPSA) is 47.6 Å². The molecule has 0 fully saturated rings. The average molecular weight is 421 g/mol. The first kappa shape index (κ1) is 18.5. The Hall–Kier alpha value is -1.86. The van der Waals surface area contributed by atoms with Gasteiger partial charge in [0, 0.05) is 10.2 Å². The predicted molar refractivity (Wildman–Crippen MR) is 91.0 cm³/mol. The summed E-state index contributed by atoms with van der Waals surface area (Å²) in [6.45, 7) is -2.76. The SMILES string of the molecule is O=C(CCOc1cccc(Br)c1)Nc1ccc(OC(F)F)c(Cl)c1. The van der Waals surface area contributed by atoms with Crippen LogP contribution in [0.1, 0.15) is 6.42 Å². The van der Waals surface area contributed by atoms with Crippen LogP contribution in [-0.4, -0.2) is 19.1 Å². The Morgan fingerprint density at radius 1 is 1.25 bits per heavy atom. The van der Waals surface area contributed by atoms with E-state index in [1.807, 2.05) is 12.1 Å². The number of hydrogen-bond donors (Lipinski definition) is 1. The van der Waals surface area contributed by atoms with E-state index >= 15 is 0 Å². The fraction of sp³-hybridized carbons (Fsp3) is 0.188. The van der Waals surface area contributed by atoms with E-state index in [1.165, 1.54) is 18.2 Å². The number of nitrogens with one attached hydrogen (secondary N) is 1. The summed E-state index contributed by atoms with van der Waals surface area (Å²) in [5.74, 6) is 0.208. The van der Waals surface area contributed by atoms with Gasteiger partial charge in [-0.3, -0.25) is 4.79 Å². The molecule has 4 nitrogen and oxygen atoms in total. The Balaban J connectivity index is 1.82. The van der Waals surface area contributed by atoms with Gasteiger partial charge in [-0.25, -0.2) is 0 Å². The van der Waals surface area contributed by atoms with E-state index in [0.717, 1.165) is 4.47 Å². The quantitative estimate of drug-likeness (QED) is 0.677. The lowest BCUT2D eigenvalue weighted by Gasteiger charge is -2.10. The molecule has 1 N–H and O–H groups in total. The third kappa shape index (κ3) is 5.98. The molecule has 0 aliphatic rings. The fourth-order valence-electron chi connectivity index (χ4n) is 1.81. The van der Waals surface area contributed by atoms with Crippen LogP contribution in [0.15, 0.2) is 46.9 Å². The Morgan fingerprint density at radius 3 is 2.71 bits per heavy atom. The molecular weight excluding hydrogens is 408 g/mol. The lowest BCUT2D eigenvalue weighted by molar-refractivity contribution is -0.116. The maximum atomic E-state index is 12.1. The summed E-state index contributed by atoms with van der Waals surface area (Å²) in [4.78, 5) is 11.8. The van der Waals surface area contributed by atoms with E-state index in [2.05, 4.69) is 26.0 Å². The van der Waals surface area contributed by atoms with E-state index in [9.17, 15) is 13.6 Å². The van der Waals surface area contributed by atoms with Gasteiger partial charge in [-0.1, -0.05) is 33.6 Å².